The summed E-state index contributed by atoms with van der Waals surface area (Å²) in [6, 6.07) is 7.84. The van der Waals surface area contributed by atoms with Crippen LogP contribution >= 0.6 is 15.9 Å². The molecule has 1 aromatic rings. The van der Waals surface area contributed by atoms with E-state index in [2.05, 4.69) is 22.0 Å². The standard InChI is InChI=1S/C10H11BrN2/c1-2-7(6-12)9-5-8(11)3-4-10(9)13/h3-5,7H,2,13H2,1H3. The molecule has 0 radical (unpaired) electrons. The molecule has 2 N–H and O–H groups in total. The minimum Gasteiger partial charge on any atom is -0.398 e. The number of hydrogen-bond donors (Lipinski definition) is 1. The van der Waals surface area contributed by atoms with E-state index in [1.54, 1.807) is 0 Å². The van der Waals surface area contributed by atoms with Gasteiger partial charge in [0.15, 0.2) is 0 Å². The Morgan fingerprint density at radius 2 is 2.31 bits per heavy atom. The highest BCUT2D eigenvalue weighted by atomic mass is 79.9. The van der Waals surface area contributed by atoms with Gasteiger partial charge in [0.1, 0.15) is 0 Å². The van der Waals surface area contributed by atoms with Crippen molar-refractivity contribution in [2.75, 3.05) is 5.73 Å². The molecule has 1 unspecified atom stereocenters. The third-order valence-corrected chi connectivity index (χ3v) is 2.48. The van der Waals surface area contributed by atoms with E-state index in [-0.39, 0.29) is 5.92 Å². The molecule has 0 spiro atoms. The molecule has 0 saturated carbocycles. The quantitative estimate of drug-likeness (QED) is 0.806. The molecule has 0 aliphatic rings. The van der Waals surface area contributed by atoms with E-state index in [0.29, 0.717) is 5.69 Å². The normalized spacial score (nSPS) is 12.1. The van der Waals surface area contributed by atoms with Gasteiger partial charge in [-0.15, -0.1) is 0 Å². The fourth-order valence-electron chi connectivity index (χ4n) is 1.23. The topological polar surface area (TPSA) is 49.8 Å². The van der Waals surface area contributed by atoms with E-state index in [0.717, 1.165) is 16.5 Å². The van der Waals surface area contributed by atoms with Crippen LogP contribution in [0, 0.1) is 11.3 Å². The Balaban J connectivity index is 3.13. The van der Waals surface area contributed by atoms with Crippen LogP contribution in [0.15, 0.2) is 22.7 Å². The smallest absolute Gasteiger partial charge is 0.0730 e. The second-order valence-corrected chi connectivity index (χ2v) is 3.78. The summed E-state index contributed by atoms with van der Waals surface area (Å²) >= 11 is 3.36. The second-order valence-electron chi connectivity index (χ2n) is 2.86. The van der Waals surface area contributed by atoms with Crippen LogP contribution in [0.4, 0.5) is 5.69 Å². The first-order valence-electron chi connectivity index (χ1n) is 4.13. The molecule has 0 aromatic heterocycles. The lowest BCUT2D eigenvalue weighted by atomic mass is 9.97. The predicted octanol–water partition coefficient (Wildman–Crippen LogP) is 3.05. The third kappa shape index (κ3) is 2.22. The molecule has 13 heavy (non-hydrogen) atoms. The van der Waals surface area contributed by atoms with Gasteiger partial charge in [-0.25, -0.2) is 0 Å². The van der Waals surface area contributed by atoms with E-state index in [1.807, 2.05) is 25.1 Å². The summed E-state index contributed by atoms with van der Waals surface area (Å²) in [6.45, 7) is 1.98. The van der Waals surface area contributed by atoms with Gasteiger partial charge in [-0.2, -0.15) is 5.26 Å². The SMILES string of the molecule is CCC(C#N)c1cc(Br)ccc1N. The summed E-state index contributed by atoms with van der Waals surface area (Å²) in [7, 11) is 0. The highest BCUT2D eigenvalue weighted by molar-refractivity contribution is 9.10. The van der Waals surface area contributed by atoms with Crippen LogP contribution in [0.1, 0.15) is 24.8 Å². The number of nitrogens with two attached hydrogens (primary N) is 1. The zero-order valence-corrected chi connectivity index (χ0v) is 9.01. The summed E-state index contributed by atoms with van der Waals surface area (Å²) in [4.78, 5) is 0. The number of hydrogen-bond acceptors (Lipinski definition) is 2. The molecule has 1 atom stereocenters. The fraction of sp³-hybridized carbons (Fsp3) is 0.300. The average Bonchev–Trinajstić information content (AvgIpc) is 2.13. The Morgan fingerprint density at radius 3 is 2.85 bits per heavy atom. The molecule has 3 heteroatoms. The number of halogens is 1. The number of nitrogens with zero attached hydrogens (tertiary/aromatic N) is 1. The van der Waals surface area contributed by atoms with Crippen LogP contribution in [0.3, 0.4) is 0 Å². The molecule has 1 rings (SSSR count). The van der Waals surface area contributed by atoms with Gasteiger partial charge in [0, 0.05) is 10.2 Å². The second kappa shape index (κ2) is 4.29. The number of anilines is 1. The molecule has 2 nitrogen and oxygen atoms in total. The zero-order chi connectivity index (χ0) is 9.84. The van der Waals surface area contributed by atoms with Crippen LogP contribution in [0.5, 0.6) is 0 Å². The first kappa shape index (κ1) is 10.1. The van der Waals surface area contributed by atoms with E-state index in [4.69, 9.17) is 11.0 Å². The van der Waals surface area contributed by atoms with Crippen LogP contribution < -0.4 is 5.73 Å². The Bertz CT molecular complexity index is 341. The average molecular weight is 239 g/mol. The Morgan fingerprint density at radius 1 is 1.62 bits per heavy atom. The number of nitriles is 1. The Hall–Kier alpha value is -1.01. The first-order valence-corrected chi connectivity index (χ1v) is 4.93. The highest BCUT2D eigenvalue weighted by Crippen LogP contribution is 2.27. The van der Waals surface area contributed by atoms with Gasteiger partial charge >= 0.3 is 0 Å². The molecule has 0 aliphatic heterocycles. The van der Waals surface area contributed by atoms with Crippen LogP contribution in [-0.2, 0) is 0 Å². The van der Waals surface area contributed by atoms with Crippen molar-refractivity contribution in [3.63, 3.8) is 0 Å². The number of rotatable bonds is 2. The maximum Gasteiger partial charge on any atom is 0.0730 e. The van der Waals surface area contributed by atoms with Gasteiger partial charge in [-0.1, -0.05) is 22.9 Å². The first-order chi connectivity index (χ1) is 6.19. The monoisotopic (exact) mass is 238 g/mol. The Labute approximate surface area is 86.5 Å². The Kier molecular flexibility index (Phi) is 3.32. The van der Waals surface area contributed by atoms with Gasteiger partial charge in [-0.3, -0.25) is 0 Å². The van der Waals surface area contributed by atoms with E-state index in [1.165, 1.54) is 0 Å². The van der Waals surface area contributed by atoms with Crippen molar-refractivity contribution in [1.82, 2.24) is 0 Å². The van der Waals surface area contributed by atoms with Gasteiger partial charge in [0.25, 0.3) is 0 Å². The number of benzene rings is 1. The maximum atomic E-state index is 8.87. The molecular weight excluding hydrogens is 228 g/mol. The van der Waals surface area contributed by atoms with E-state index >= 15 is 0 Å². The molecule has 0 amide bonds. The van der Waals surface area contributed by atoms with E-state index in [9.17, 15) is 0 Å². The lowest BCUT2D eigenvalue weighted by Crippen LogP contribution is -1.99. The zero-order valence-electron chi connectivity index (χ0n) is 7.42. The molecule has 0 fully saturated rings. The molecule has 0 heterocycles. The van der Waals surface area contributed by atoms with Crippen LogP contribution in [-0.4, -0.2) is 0 Å². The summed E-state index contributed by atoms with van der Waals surface area (Å²) < 4.78 is 0.963. The van der Waals surface area contributed by atoms with Crippen LogP contribution in [0.2, 0.25) is 0 Å². The van der Waals surface area contributed by atoms with Gasteiger partial charge in [0.05, 0.1) is 12.0 Å². The van der Waals surface area contributed by atoms with Crippen LogP contribution in [0.25, 0.3) is 0 Å². The molecule has 68 valence electrons. The van der Waals surface area contributed by atoms with Gasteiger partial charge in [0.2, 0.25) is 0 Å². The summed E-state index contributed by atoms with van der Waals surface area (Å²) in [5, 5.41) is 8.87. The molecule has 1 aromatic carbocycles. The highest BCUT2D eigenvalue weighted by Gasteiger charge is 2.11. The molecule has 0 saturated heterocycles. The largest absolute Gasteiger partial charge is 0.398 e. The van der Waals surface area contributed by atoms with Crippen molar-refractivity contribution in [1.29, 1.82) is 5.26 Å². The van der Waals surface area contributed by atoms with Crippen molar-refractivity contribution in [3.8, 4) is 6.07 Å². The van der Waals surface area contributed by atoms with Crippen molar-refractivity contribution in [2.24, 2.45) is 0 Å². The lowest BCUT2D eigenvalue weighted by Gasteiger charge is -2.09. The van der Waals surface area contributed by atoms with E-state index < -0.39 is 0 Å². The minimum absolute atomic E-state index is 0.0995. The minimum atomic E-state index is -0.0995. The number of nitrogen functional groups attached to an aromatic ring is 1. The maximum absolute atomic E-state index is 8.87. The van der Waals surface area contributed by atoms with Crippen molar-refractivity contribution in [2.45, 2.75) is 19.3 Å². The summed E-state index contributed by atoms with van der Waals surface area (Å²) in [5.74, 6) is -0.0995. The van der Waals surface area contributed by atoms with Gasteiger partial charge in [-0.05, 0) is 30.2 Å². The molecular formula is C10H11BrN2. The molecule has 0 bridgehead atoms. The lowest BCUT2D eigenvalue weighted by molar-refractivity contribution is 0.820. The third-order valence-electron chi connectivity index (χ3n) is 1.99. The van der Waals surface area contributed by atoms with Crippen molar-refractivity contribution >= 4 is 21.6 Å². The van der Waals surface area contributed by atoms with Gasteiger partial charge < -0.3 is 5.73 Å². The summed E-state index contributed by atoms with van der Waals surface area (Å²) in [5.41, 5.74) is 7.38. The predicted molar refractivity (Wildman–Crippen MR) is 57.2 cm³/mol. The summed E-state index contributed by atoms with van der Waals surface area (Å²) in [6.07, 6.45) is 0.789. The van der Waals surface area contributed by atoms with Crippen molar-refractivity contribution in [3.05, 3.63) is 28.2 Å². The fourth-order valence-corrected chi connectivity index (χ4v) is 1.61. The molecule has 0 aliphatic carbocycles. The van der Waals surface area contributed by atoms with Crippen molar-refractivity contribution < 1.29 is 0 Å².